The van der Waals surface area contributed by atoms with Crippen LogP contribution in [0.5, 0.6) is 0 Å². The van der Waals surface area contributed by atoms with Gasteiger partial charge in [-0.1, -0.05) is 31.0 Å². The van der Waals surface area contributed by atoms with E-state index in [4.69, 9.17) is 11.6 Å². The highest BCUT2D eigenvalue weighted by Gasteiger charge is 2.33. The predicted octanol–water partition coefficient (Wildman–Crippen LogP) is 3.83. The van der Waals surface area contributed by atoms with Crippen molar-refractivity contribution in [2.45, 2.75) is 51.7 Å². The van der Waals surface area contributed by atoms with Crippen molar-refractivity contribution < 1.29 is 4.39 Å². The Hall–Kier alpha value is -0.640. The van der Waals surface area contributed by atoms with Crippen molar-refractivity contribution in [3.63, 3.8) is 0 Å². The second kappa shape index (κ2) is 6.42. The topological polar surface area (TPSA) is 15.3 Å². The van der Waals surface area contributed by atoms with Crippen LogP contribution in [-0.4, -0.2) is 29.6 Å². The lowest BCUT2D eigenvalue weighted by Crippen LogP contribution is -2.61. The maximum Gasteiger partial charge on any atom is 0.142 e. The molecule has 20 heavy (non-hydrogen) atoms. The van der Waals surface area contributed by atoms with Crippen LogP contribution in [-0.2, 0) is 6.54 Å². The van der Waals surface area contributed by atoms with E-state index in [1.165, 1.54) is 12.8 Å². The standard InChI is InChI=1S/C16H24ClFN2/c1-4-5-13-10-20(16(2,3)11-19-13)9-12-6-7-14(17)15(18)8-12/h6-8,13,19H,4-5,9-11H2,1-3H3. The van der Waals surface area contributed by atoms with Gasteiger partial charge in [0.1, 0.15) is 5.82 Å². The van der Waals surface area contributed by atoms with E-state index in [0.717, 1.165) is 25.2 Å². The second-order valence-corrected chi connectivity index (χ2v) is 6.72. The van der Waals surface area contributed by atoms with E-state index >= 15 is 0 Å². The molecule has 1 N–H and O–H groups in total. The summed E-state index contributed by atoms with van der Waals surface area (Å²) in [6.07, 6.45) is 2.36. The van der Waals surface area contributed by atoms with Gasteiger partial charge in [-0.25, -0.2) is 4.39 Å². The minimum absolute atomic E-state index is 0.0837. The summed E-state index contributed by atoms with van der Waals surface area (Å²) < 4.78 is 13.6. The van der Waals surface area contributed by atoms with Crippen molar-refractivity contribution in [3.05, 3.63) is 34.6 Å². The Morgan fingerprint density at radius 1 is 1.45 bits per heavy atom. The highest BCUT2D eigenvalue weighted by molar-refractivity contribution is 6.30. The van der Waals surface area contributed by atoms with Crippen LogP contribution in [0.3, 0.4) is 0 Å². The molecule has 0 spiro atoms. The summed E-state index contributed by atoms with van der Waals surface area (Å²) >= 11 is 5.75. The monoisotopic (exact) mass is 298 g/mol. The van der Waals surface area contributed by atoms with Crippen LogP contribution in [0.15, 0.2) is 18.2 Å². The molecule has 4 heteroatoms. The Kier molecular flexibility index (Phi) is 5.05. The third kappa shape index (κ3) is 3.72. The van der Waals surface area contributed by atoms with E-state index in [2.05, 4.69) is 31.0 Å². The first-order valence-electron chi connectivity index (χ1n) is 7.34. The quantitative estimate of drug-likeness (QED) is 0.909. The molecule has 0 bridgehead atoms. The minimum atomic E-state index is -0.331. The number of nitrogens with one attached hydrogen (secondary N) is 1. The Morgan fingerprint density at radius 3 is 2.85 bits per heavy atom. The first kappa shape index (κ1) is 15.7. The molecule has 1 heterocycles. The molecule has 0 aromatic heterocycles. The number of benzene rings is 1. The van der Waals surface area contributed by atoms with Crippen LogP contribution in [0.25, 0.3) is 0 Å². The maximum atomic E-state index is 13.6. The zero-order valence-electron chi connectivity index (χ0n) is 12.5. The predicted molar refractivity (Wildman–Crippen MR) is 82.6 cm³/mol. The average Bonchev–Trinajstić information content (AvgIpc) is 2.38. The fourth-order valence-corrected chi connectivity index (χ4v) is 2.88. The Labute approximate surface area is 126 Å². The molecule has 1 aliphatic heterocycles. The van der Waals surface area contributed by atoms with E-state index in [9.17, 15) is 4.39 Å². The summed E-state index contributed by atoms with van der Waals surface area (Å²) in [7, 11) is 0. The largest absolute Gasteiger partial charge is 0.311 e. The van der Waals surface area contributed by atoms with Crippen molar-refractivity contribution in [1.29, 1.82) is 0 Å². The molecule has 1 aromatic rings. The van der Waals surface area contributed by atoms with E-state index in [-0.39, 0.29) is 16.4 Å². The van der Waals surface area contributed by atoms with Crippen molar-refractivity contribution in [2.24, 2.45) is 0 Å². The Bertz CT molecular complexity index is 462. The van der Waals surface area contributed by atoms with E-state index in [1.807, 2.05) is 6.07 Å². The molecule has 2 nitrogen and oxygen atoms in total. The normalized spacial score (nSPS) is 22.9. The summed E-state index contributed by atoms with van der Waals surface area (Å²) in [4.78, 5) is 2.44. The summed E-state index contributed by atoms with van der Waals surface area (Å²) in [6, 6.07) is 5.64. The molecule has 1 atom stereocenters. The zero-order chi connectivity index (χ0) is 14.8. The second-order valence-electron chi connectivity index (χ2n) is 6.31. The third-order valence-corrected chi connectivity index (χ3v) is 4.42. The SMILES string of the molecule is CCCC1CN(Cc2ccc(Cl)c(F)c2)C(C)(C)CN1. The number of nitrogens with zero attached hydrogens (tertiary/aromatic N) is 1. The molecule has 2 rings (SSSR count). The van der Waals surface area contributed by atoms with Gasteiger partial charge in [-0.3, -0.25) is 4.90 Å². The average molecular weight is 299 g/mol. The van der Waals surface area contributed by atoms with Crippen LogP contribution >= 0.6 is 11.6 Å². The summed E-state index contributed by atoms with van der Waals surface area (Å²) in [6.45, 7) is 9.41. The minimum Gasteiger partial charge on any atom is -0.311 e. The van der Waals surface area contributed by atoms with Gasteiger partial charge in [-0.2, -0.15) is 0 Å². The van der Waals surface area contributed by atoms with Crippen LogP contribution in [0.4, 0.5) is 4.39 Å². The molecular weight excluding hydrogens is 275 g/mol. The summed E-state index contributed by atoms with van der Waals surface area (Å²) in [5.74, 6) is -0.331. The lowest BCUT2D eigenvalue weighted by Gasteiger charge is -2.46. The van der Waals surface area contributed by atoms with Gasteiger partial charge >= 0.3 is 0 Å². The van der Waals surface area contributed by atoms with Gasteiger partial charge in [-0.05, 0) is 38.0 Å². The van der Waals surface area contributed by atoms with Gasteiger partial charge in [0.05, 0.1) is 5.02 Å². The lowest BCUT2D eigenvalue weighted by molar-refractivity contribution is 0.0563. The molecule has 112 valence electrons. The maximum absolute atomic E-state index is 13.6. The van der Waals surface area contributed by atoms with Gasteiger partial charge in [0.2, 0.25) is 0 Å². The van der Waals surface area contributed by atoms with Gasteiger partial charge in [0.25, 0.3) is 0 Å². The molecule has 0 radical (unpaired) electrons. The molecule has 1 aliphatic rings. The highest BCUT2D eigenvalue weighted by atomic mass is 35.5. The van der Waals surface area contributed by atoms with Gasteiger partial charge < -0.3 is 5.32 Å². The fourth-order valence-electron chi connectivity index (χ4n) is 2.76. The third-order valence-electron chi connectivity index (χ3n) is 4.11. The van der Waals surface area contributed by atoms with Gasteiger partial charge in [-0.15, -0.1) is 0 Å². The number of piperazine rings is 1. The van der Waals surface area contributed by atoms with Crippen molar-refractivity contribution >= 4 is 11.6 Å². The zero-order valence-corrected chi connectivity index (χ0v) is 13.3. The van der Waals surface area contributed by atoms with Crippen LogP contribution in [0.1, 0.15) is 39.2 Å². The number of hydrogen-bond acceptors (Lipinski definition) is 2. The number of halogens is 2. The van der Waals surface area contributed by atoms with E-state index < -0.39 is 0 Å². The molecule has 1 aromatic carbocycles. The first-order chi connectivity index (χ1) is 9.42. The smallest absolute Gasteiger partial charge is 0.142 e. The van der Waals surface area contributed by atoms with E-state index in [1.54, 1.807) is 12.1 Å². The molecule has 1 fully saturated rings. The van der Waals surface area contributed by atoms with Crippen molar-refractivity contribution in [2.75, 3.05) is 13.1 Å². The van der Waals surface area contributed by atoms with E-state index in [0.29, 0.717) is 6.04 Å². The van der Waals surface area contributed by atoms with Crippen LogP contribution in [0.2, 0.25) is 5.02 Å². The Balaban J connectivity index is 2.09. The molecule has 1 saturated heterocycles. The fraction of sp³-hybridized carbons (Fsp3) is 0.625. The molecular formula is C16H24ClFN2. The van der Waals surface area contributed by atoms with Gasteiger partial charge in [0, 0.05) is 31.2 Å². The Morgan fingerprint density at radius 2 is 2.20 bits per heavy atom. The number of hydrogen-bond donors (Lipinski definition) is 1. The van der Waals surface area contributed by atoms with Crippen LogP contribution in [0, 0.1) is 5.82 Å². The first-order valence-corrected chi connectivity index (χ1v) is 7.72. The van der Waals surface area contributed by atoms with Crippen molar-refractivity contribution in [3.8, 4) is 0 Å². The van der Waals surface area contributed by atoms with Crippen molar-refractivity contribution in [1.82, 2.24) is 10.2 Å². The highest BCUT2D eigenvalue weighted by Crippen LogP contribution is 2.24. The van der Waals surface area contributed by atoms with Crippen LogP contribution < -0.4 is 5.32 Å². The molecule has 0 saturated carbocycles. The number of rotatable bonds is 4. The van der Waals surface area contributed by atoms with Gasteiger partial charge in [0.15, 0.2) is 0 Å². The summed E-state index contributed by atoms with van der Waals surface area (Å²) in [5.41, 5.74) is 1.07. The molecule has 0 aliphatic carbocycles. The molecule has 1 unspecified atom stereocenters. The lowest BCUT2D eigenvalue weighted by atomic mass is 9.95. The molecule has 0 amide bonds. The summed E-state index contributed by atoms with van der Waals surface area (Å²) in [5, 5.41) is 3.80.